The molecule has 0 radical (unpaired) electrons. The minimum absolute atomic E-state index is 0.0246. The van der Waals surface area contributed by atoms with E-state index >= 15 is 0 Å². The topological polar surface area (TPSA) is 70.7 Å². The van der Waals surface area contributed by atoms with Crippen LogP contribution in [0.5, 0.6) is 0 Å². The number of piperidine rings is 1. The molecule has 2 rings (SSSR count). The number of ether oxygens (including phenoxy) is 1. The van der Waals surface area contributed by atoms with Crippen LogP contribution in [-0.4, -0.2) is 40.1 Å². The summed E-state index contributed by atoms with van der Waals surface area (Å²) in [6.07, 6.45) is 1.15. The van der Waals surface area contributed by atoms with Gasteiger partial charge in [0.25, 0.3) is 0 Å². The van der Waals surface area contributed by atoms with E-state index in [2.05, 4.69) is 10.9 Å². The lowest BCUT2D eigenvalue weighted by atomic mass is 9.71. The molecule has 0 aromatic heterocycles. The Balaban J connectivity index is 2.14. The first-order chi connectivity index (χ1) is 9.47. The van der Waals surface area contributed by atoms with E-state index in [1.54, 1.807) is 4.90 Å². The predicted molar refractivity (Wildman–Crippen MR) is 79.4 cm³/mol. The van der Waals surface area contributed by atoms with Crippen molar-refractivity contribution in [3.63, 3.8) is 0 Å². The molecule has 2 fully saturated rings. The second-order valence-corrected chi connectivity index (χ2v) is 7.86. The third-order valence-electron chi connectivity index (χ3n) is 4.53. The fraction of sp³-hybridized carbons (Fsp3) is 0.867. The van der Waals surface area contributed by atoms with E-state index in [1.807, 2.05) is 41.5 Å². The van der Waals surface area contributed by atoms with Crippen molar-refractivity contribution in [1.82, 2.24) is 15.8 Å². The number of hydrogen-bond acceptors (Lipinski definition) is 4. The van der Waals surface area contributed by atoms with Gasteiger partial charge in [-0.2, -0.15) is 0 Å². The van der Waals surface area contributed by atoms with E-state index in [0.717, 1.165) is 6.42 Å². The highest BCUT2D eigenvalue weighted by atomic mass is 16.6. The van der Waals surface area contributed by atoms with Crippen molar-refractivity contribution in [2.75, 3.05) is 6.54 Å². The van der Waals surface area contributed by atoms with Gasteiger partial charge in [0, 0.05) is 12.1 Å². The van der Waals surface area contributed by atoms with Crippen LogP contribution in [0.3, 0.4) is 0 Å². The minimum Gasteiger partial charge on any atom is -0.444 e. The standard InChI is InChI=1S/C15H27N3O3/c1-10-11(19)16-17-15(10)7-8-18(14(5,6)9-15)12(20)21-13(2,3)4/h10,17H,7-9H2,1-6H3,(H,16,19). The lowest BCUT2D eigenvalue weighted by Crippen LogP contribution is -2.63. The Morgan fingerprint density at radius 3 is 2.43 bits per heavy atom. The van der Waals surface area contributed by atoms with Crippen molar-refractivity contribution in [1.29, 1.82) is 0 Å². The number of hydrogen-bond donors (Lipinski definition) is 2. The van der Waals surface area contributed by atoms with Gasteiger partial charge < -0.3 is 9.64 Å². The first-order valence-electron chi connectivity index (χ1n) is 7.55. The molecule has 2 aliphatic rings. The first kappa shape index (κ1) is 16.1. The second kappa shape index (κ2) is 4.87. The molecule has 21 heavy (non-hydrogen) atoms. The fourth-order valence-electron chi connectivity index (χ4n) is 3.36. The summed E-state index contributed by atoms with van der Waals surface area (Å²) in [7, 11) is 0. The van der Waals surface area contributed by atoms with Crippen LogP contribution >= 0.6 is 0 Å². The van der Waals surface area contributed by atoms with Crippen molar-refractivity contribution in [2.45, 2.75) is 71.1 Å². The third-order valence-corrected chi connectivity index (χ3v) is 4.53. The zero-order valence-electron chi connectivity index (χ0n) is 13.9. The van der Waals surface area contributed by atoms with Crippen molar-refractivity contribution in [3.8, 4) is 0 Å². The Morgan fingerprint density at radius 1 is 1.38 bits per heavy atom. The number of carbonyl (C=O) groups excluding carboxylic acids is 2. The molecule has 6 nitrogen and oxygen atoms in total. The van der Waals surface area contributed by atoms with Gasteiger partial charge in [-0.05, 0) is 47.5 Å². The van der Waals surface area contributed by atoms with Crippen LogP contribution in [0.25, 0.3) is 0 Å². The van der Waals surface area contributed by atoms with Crippen LogP contribution in [-0.2, 0) is 9.53 Å². The van der Waals surface area contributed by atoms with Gasteiger partial charge in [-0.25, -0.2) is 10.2 Å². The largest absolute Gasteiger partial charge is 0.444 e. The molecule has 0 saturated carbocycles. The van der Waals surface area contributed by atoms with Crippen molar-refractivity contribution in [2.24, 2.45) is 5.92 Å². The molecule has 2 N–H and O–H groups in total. The van der Waals surface area contributed by atoms with E-state index < -0.39 is 5.60 Å². The Bertz CT molecular complexity index is 456. The summed E-state index contributed by atoms with van der Waals surface area (Å²) in [5, 5.41) is 0. The normalized spacial score (nSPS) is 32.2. The van der Waals surface area contributed by atoms with Gasteiger partial charge in [0.2, 0.25) is 5.91 Å². The van der Waals surface area contributed by atoms with E-state index in [1.165, 1.54) is 0 Å². The molecule has 120 valence electrons. The fourth-order valence-corrected chi connectivity index (χ4v) is 3.36. The maximum atomic E-state index is 12.4. The number of rotatable bonds is 0. The van der Waals surface area contributed by atoms with Gasteiger partial charge in [0.15, 0.2) is 0 Å². The number of amides is 2. The first-order valence-corrected chi connectivity index (χ1v) is 7.55. The smallest absolute Gasteiger partial charge is 0.410 e. The van der Waals surface area contributed by atoms with Crippen LogP contribution in [0, 0.1) is 5.92 Å². The second-order valence-electron chi connectivity index (χ2n) is 7.86. The Morgan fingerprint density at radius 2 is 2.00 bits per heavy atom. The SMILES string of the molecule is CC1C(=O)NNC12CCN(C(=O)OC(C)(C)C)C(C)(C)C2. The molecule has 2 saturated heterocycles. The molecule has 2 unspecified atom stereocenters. The number of hydrazine groups is 1. The van der Waals surface area contributed by atoms with Crippen LogP contribution in [0.1, 0.15) is 54.4 Å². The highest BCUT2D eigenvalue weighted by molar-refractivity contribution is 5.82. The van der Waals surface area contributed by atoms with Crippen molar-refractivity contribution >= 4 is 12.0 Å². The number of likely N-dealkylation sites (tertiary alicyclic amines) is 1. The molecule has 2 amide bonds. The Labute approximate surface area is 126 Å². The molecule has 1 spiro atoms. The molecule has 2 heterocycles. The monoisotopic (exact) mass is 297 g/mol. The summed E-state index contributed by atoms with van der Waals surface area (Å²) in [4.78, 5) is 25.9. The number of nitrogens with zero attached hydrogens (tertiary/aromatic N) is 1. The predicted octanol–water partition coefficient (Wildman–Crippen LogP) is 1.81. The van der Waals surface area contributed by atoms with Gasteiger partial charge >= 0.3 is 6.09 Å². The third kappa shape index (κ3) is 3.00. The summed E-state index contributed by atoms with van der Waals surface area (Å²) < 4.78 is 5.50. The average Bonchev–Trinajstić information content (AvgIpc) is 2.54. The van der Waals surface area contributed by atoms with Gasteiger partial charge in [-0.15, -0.1) is 0 Å². The summed E-state index contributed by atoms with van der Waals surface area (Å²) in [6, 6.07) is 0. The van der Waals surface area contributed by atoms with E-state index in [-0.39, 0.29) is 29.0 Å². The molecule has 0 aromatic carbocycles. The molecule has 0 bridgehead atoms. The highest BCUT2D eigenvalue weighted by Crippen LogP contribution is 2.40. The van der Waals surface area contributed by atoms with Gasteiger partial charge in [-0.1, -0.05) is 6.92 Å². The minimum atomic E-state index is -0.501. The van der Waals surface area contributed by atoms with Crippen LogP contribution < -0.4 is 10.9 Å². The molecule has 6 heteroatoms. The van der Waals surface area contributed by atoms with Crippen molar-refractivity contribution < 1.29 is 14.3 Å². The molecule has 0 aromatic rings. The zero-order valence-corrected chi connectivity index (χ0v) is 13.9. The quantitative estimate of drug-likeness (QED) is 0.715. The van der Waals surface area contributed by atoms with E-state index in [9.17, 15) is 9.59 Å². The summed E-state index contributed by atoms with van der Waals surface area (Å²) in [5.74, 6) is -0.0749. The highest BCUT2D eigenvalue weighted by Gasteiger charge is 2.53. The number of carbonyl (C=O) groups is 2. The van der Waals surface area contributed by atoms with Crippen molar-refractivity contribution in [3.05, 3.63) is 0 Å². The lowest BCUT2D eigenvalue weighted by Gasteiger charge is -2.50. The molecule has 2 atom stereocenters. The van der Waals surface area contributed by atoms with Crippen LogP contribution in [0.2, 0.25) is 0 Å². The molecular formula is C15H27N3O3. The average molecular weight is 297 g/mol. The Hall–Kier alpha value is -1.30. The Kier molecular flexibility index (Phi) is 3.72. The van der Waals surface area contributed by atoms with E-state index in [4.69, 9.17) is 4.74 Å². The van der Waals surface area contributed by atoms with E-state index in [0.29, 0.717) is 13.0 Å². The molecular weight excluding hydrogens is 270 g/mol. The maximum Gasteiger partial charge on any atom is 0.410 e. The summed E-state index contributed by atoms with van der Waals surface area (Å²) in [6.45, 7) is 12.2. The lowest BCUT2D eigenvalue weighted by molar-refractivity contribution is -0.123. The van der Waals surface area contributed by atoms with Gasteiger partial charge in [0.1, 0.15) is 5.60 Å². The van der Waals surface area contributed by atoms with Crippen LogP contribution in [0.4, 0.5) is 4.79 Å². The van der Waals surface area contributed by atoms with Gasteiger partial charge in [-0.3, -0.25) is 10.2 Å². The number of nitrogens with one attached hydrogen (secondary N) is 2. The summed E-state index contributed by atoms with van der Waals surface area (Å²) >= 11 is 0. The van der Waals surface area contributed by atoms with Gasteiger partial charge in [0.05, 0.1) is 11.5 Å². The molecule has 2 aliphatic heterocycles. The zero-order chi connectivity index (χ0) is 16.1. The van der Waals surface area contributed by atoms with Crippen LogP contribution in [0.15, 0.2) is 0 Å². The summed E-state index contributed by atoms with van der Waals surface area (Å²) in [5.41, 5.74) is 4.74. The maximum absolute atomic E-state index is 12.4. The molecule has 0 aliphatic carbocycles.